The first-order valence-corrected chi connectivity index (χ1v) is 7.57. The molecule has 0 spiro atoms. The monoisotopic (exact) mass is 307 g/mol. The lowest BCUT2D eigenvalue weighted by molar-refractivity contribution is 0.618. The standard InChI is InChI=1S/C19H14ClNO/c1-11-9-12(2)18-17(10-11)21-19(22-18)15-7-3-6-14-13(15)5-4-8-16(14)20/h3-10H,1-2H3. The van der Waals surface area contributed by atoms with E-state index in [0.717, 1.165) is 38.0 Å². The van der Waals surface area contributed by atoms with E-state index in [1.54, 1.807) is 0 Å². The molecule has 22 heavy (non-hydrogen) atoms. The summed E-state index contributed by atoms with van der Waals surface area (Å²) in [5.74, 6) is 0.636. The van der Waals surface area contributed by atoms with Crippen molar-refractivity contribution in [3.8, 4) is 11.5 Å². The number of nitrogens with zero attached hydrogens (tertiary/aromatic N) is 1. The average molecular weight is 308 g/mol. The van der Waals surface area contributed by atoms with E-state index in [1.165, 1.54) is 5.56 Å². The molecule has 0 aliphatic rings. The van der Waals surface area contributed by atoms with Crippen molar-refractivity contribution in [2.75, 3.05) is 0 Å². The van der Waals surface area contributed by atoms with E-state index in [1.807, 2.05) is 49.4 Å². The summed E-state index contributed by atoms with van der Waals surface area (Å²) in [5, 5.41) is 2.80. The summed E-state index contributed by atoms with van der Waals surface area (Å²) in [6.07, 6.45) is 0. The van der Waals surface area contributed by atoms with Crippen molar-refractivity contribution in [1.29, 1.82) is 0 Å². The minimum Gasteiger partial charge on any atom is -0.436 e. The molecule has 0 aliphatic heterocycles. The minimum atomic E-state index is 0.636. The quantitative estimate of drug-likeness (QED) is 0.436. The van der Waals surface area contributed by atoms with E-state index in [9.17, 15) is 0 Å². The van der Waals surface area contributed by atoms with Crippen LogP contribution in [0.5, 0.6) is 0 Å². The number of benzene rings is 3. The van der Waals surface area contributed by atoms with Gasteiger partial charge >= 0.3 is 0 Å². The van der Waals surface area contributed by atoms with Gasteiger partial charge < -0.3 is 4.42 Å². The Balaban J connectivity index is 2.03. The maximum atomic E-state index is 6.29. The number of hydrogen-bond donors (Lipinski definition) is 0. The normalized spacial score (nSPS) is 11.4. The molecule has 0 unspecified atom stereocenters. The molecule has 0 saturated heterocycles. The zero-order valence-electron chi connectivity index (χ0n) is 12.4. The molecule has 4 rings (SSSR count). The van der Waals surface area contributed by atoms with E-state index in [0.29, 0.717) is 5.89 Å². The first-order chi connectivity index (χ1) is 10.6. The molecule has 2 nitrogen and oxygen atoms in total. The highest BCUT2D eigenvalue weighted by molar-refractivity contribution is 6.35. The van der Waals surface area contributed by atoms with E-state index in [-0.39, 0.29) is 0 Å². The molecule has 1 heterocycles. The predicted molar refractivity (Wildman–Crippen MR) is 91.4 cm³/mol. The predicted octanol–water partition coefficient (Wildman–Crippen LogP) is 5.92. The molecule has 4 aromatic rings. The van der Waals surface area contributed by atoms with Crippen LogP contribution in [0.25, 0.3) is 33.3 Å². The molecule has 0 atom stereocenters. The van der Waals surface area contributed by atoms with Crippen LogP contribution >= 0.6 is 11.6 Å². The van der Waals surface area contributed by atoms with E-state index in [2.05, 4.69) is 18.0 Å². The third kappa shape index (κ3) is 1.99. The Labute approximate surface area is 133 Å². The van der Waals surface area contributed by atoms with Gasteiger partial charge in [-0.05, 0) is 48.6 Å². The second-order valence-corrected chi connectivity index (χ2v) is 6.00. The summed E-state index contributed by atoms with van der Waals surface area (Å²) >= 11 is 6.29. The summed E-state index contributed by atoms with van der Waals surface area (Å²) < 4.78 is 6.03. The van der Waals surface area contributed by atoms with Gasteiger partial charge in [0.1, 0.15) is 5.52 Å². The lowest BCUT2D eigenvalue weighted by Gasteiger charge is -2.04. The maximum Gasteiger partial charge on any atom is 0.227 e. The Morgan fingerprint density at radius 1 is 0.955 bits per heavy atom. The molecule has 108 valence electrons. The molecule has 0 amide bonds. The van der Waals surface area contributed by atoms with Crippen molar-refractivity contribution in [1.82, 2.24) is 4.98 Å². The minimum absolute atomic E-state index is 0.636. The second-order valence-electron chi connectivity index (χ2n) is 5.59. The van der Waals surface area contributed by atoms with Gasteiger partial charge in [-0.1, -0.05) is 41.9 Å². The first-order valence-electron chi connectivity index (χ1n) is 7.19. The molecule has 3 heteroatoms. The molecule has 0 fully saturated rings. The zero-order chi connectivity index (χ0) is 15.3. The largest absolute Gasteiger partial charge is 0.436 e. The maximum absolute atomic E-state index is 6.29. The summed E-state index contributed by atoms with van der Waals surface area (Å²) in [6.45, 7) is 4.11. The molecule has 1 aromatic heterocycles. The molecule has 0 saturated carbocycles. The highest BCUT2D eigenvalue weighted by atomic mass is 35.5. The van der Waals surface area contributed by atoms with Gasteiger partial charge in [0, 0.05) is 16.0 Å². The molecule has 0 aliphatic carbocycles. The number of aromatic nitrogens is 1. The summed E-state index contributed by atoms with van der Waals surface area (Å²) in [7, 11) is 0. The third-order valence-corrected chi connectivity index (χ3v) is 4.25. The van der Waals surface area contributed by atoms with E-state index in [4.69, 9.17) is 16.0 Å². The van der Waals surface area contributed by atoms with Crippen LogP contribution in [0.3, 0.4) is 0 Å². The van der Waals surface area contributed by atoms with Gasteiger partial charge in [0.15, 0.2) is 5.58 Å². The van der Waals surface area contributed by atoms with Crippen LogP contribution in [0, 0.1) is 13.8 Å². The topological polar surface area (TPSA) is 26.0 Å². The summed E-state index contributed by atoms with van der Waals surface area (Å²) in [5.41, 5.74) is 5.00. The number of aryl methyl sites for hydroxylation is 2. The first kappa shape index (κ1) is 13.4. The van der Waals surface area contributed by atoms with Crippen LogP contribution in [0.4, 0.5) is 0 Å². The Morgan fingerprint density at radius 2 is 1.73 bits per heavy atom. The molecular weight excluding hydrogens is 294 g/mol. The van der Waals surface area contributed by atoms with Crippen molar-refractivity contribution >= 4 is 33.5 Å². The van der Waals surface area contributed by atoms with Crippen LogP contribution in [-0.4, -0.2) is 4.98 Å². The SMILES string of the molecule is Cc1cc(C)c2oc(-c3cccc4c(Cl)cccc34)nc2c1. The fraction of sp³-hybridized carbons (Fsp3) is 0.105. The summed E-state index contributed by atoms with van der Waals surface area (Å²) in [4.78, 5) is 4.67. The second kappa shape index (κ2) is 4.85. The van der Waals surface area contributed by atoms with Gasteiger partial charge in [-0.3, -0.25) is 0 Å². The number of hydrogen-bond acceptors (Lipinski definition) is 2. The molecule has 0 N–H and O–H groups in total. The van der Waals surface area contributed by atoms with Crippen molar-refractivity contribution in [2.45, 2.75) is 13.8 Å². The van der Waals surface area contributed by atoms with Crippen LogP contribution in [-0.2, 0) is 0 Å². The lowest BCUT2D eigenvalue weighted by atomic mass is 10.0. The molecule has 0 bridgehead atoms. The highest BCUT2D eigenvalue weighted by Crippen LogP contribution is 2.34. The van der Waals surface area contributed by atoms with E-state index >= 15 is 0 Å². The lowest BCUT2D eigenvalue weighted by Crippen LogP contribution is -1.82. The molecular formula is C19H14ClNO. The smallest absolute Gasteiger partial charge is 0.227 e. The van der Waals surface area contributed by atoms with Gasteiger partial charge in [0.05, 0.1) is 0 Å². The van der Waals surface area contributed by atoms with Gasteiger partial charge in [-0.15, -0.1) is 0 Å². The third-order valence-electron chi connectivity index (χ3n) is 3.92. The Bertz CT molecular complexity index is 1020. The van der Waals surface area contributed by atoms with Crippen LogP contribution < -0.4 is 0 Å². The summed E-state index contributed by atoms with van der Waals surface area (Å²) in [6, 6.07) is 16.1. The Morgan fingerprint density at radius 3 is 2.59 bits per heavy atom. The van der Waals surface area contributed by atoms with Crippen LogP contribution in [0.2, 0.25) is 5.02 Å². The van der Waals surface area contributed by atoms with Crippen molar-refractivity contribution in [2.24, 2.45) is 0 Å². The van der Waals surface area contributed by atoms with Crippen molar-refractivity contribution in [3.63, 3.8) is 0 Å². The zero-order valence-corrected chi connectivity index (χ0v) is 13.1. The number of rotatable bonds is 1. The van der Waals surface area contributed by atoms with Crippen LogP contribution in [0.15, 0.2) is 52.9 Å². The Kier molecular flexibility index (Phi) is 2.95. The van der Waals surface area contributed by atoms with E-state index < -0.39 is 0 Å². The van der Waals surface area contributed by atoms with Gasteiger partial charge in [-0.25, -0.2) is 4.98 Å². The average Bonchev–Trinajstić information content (AvgIpc) is 2.91. The fourth-order valence-corrected chi connectivity index (χ4v) is 3.19. The number of halogens is 1. The van der Waals surface area contributed by atoms with Crippen molar-refractivity contribution < 1.29 is 4.42 Å². The van der Waals surface area contributed by atoms with Crippen molar-refractivity contribution in [3.05, 3.63) is 64.7 Å². The Hall–Kier alpha value is -2.32. The van der Waals surface area contributed by atoms with Gasteiger partial charge in [-0.2, -0.15) is 0 Å². The fourth-order valence-electron chi connectivity index (χ4n) is 2.95. The number of fused-ring (bicyclic) bond motifs is 2. The van der Waals surface area contributed by atoms with Gasteiger partial charge in [0.2, 0.25) is 5.89 Å². The molecule has 0 radical (unpaired) electrons. The van der Waals surface area contributed by atoms with Gasteiger partial charge in [0.25, 0.3) is 0 Å². The number of oxazole rings is 1. The highest BCUT2D eigenvalue weighted by Gasteiger charge is 2.13. The molecule has 3 aromatic carbocycles. The van der Waals surface area contributed by atoms with Crippen LogP contribution in [0.1, 0.15) is 11.1 Å².